The van der Waals surface area contributed by atoms with E-state index < -0.39 is 5.54 Å². The Bertz CT molecular complexity index is 1180. The Morgan fingerprint density at radius 3 is 2.59 bits per heavy atom. The first-order chi connectivity index (χ1) is 13.2. The zero-order valence-electron chi connectivity index (χ0n) is 14.8. The van der Waals surface area contributed by atoms with E-state index in [0.29, 0.717) is 5.56 Å². The molecule has 0 aliphatic carbocycles. The predicted molar refractivity (Wildman–Crippen MR) is 106 cm³/mol. The van der Waals surface area contributed by atoms with Gasteiger partial charge in [-0.05, 0) is 35.9 Å². The molecule has 4 aromatic rings. The van der Waals surface area contributed by atoms with E-state index in [9.17, 15) is 4.79 Å². The SMILES string of the molecule is COc1cccc(C2(c3c[nH]c4ccccc34)Nc3ccccc3C2=O)c1. The summed E-state index contributed by atoms with van der Waals surface area (Å²) in [4.78, 5) is 17.1. The third kappa shape index (κ3) is 2.13. The van der Waals surface area contributed by atoms with Gasteiger partial charge in [-0.15, -0.1) is 0 Å². The van der Waals surface area contributed by atoms with Gasteiger partial charge < -0.3 is 15.0 Å². The topological polar surface area (TPSA) is 54.1 Å². The number of hydrogen-bond donors (Lipinski definition) is 2. The van der Waals surface area contributed by atoms with Crippen molar-refractivity contribution in [1.29, 1.82) is 0 Å². The molecule has 3 aromatic carbocycles. The van der Waals surface area contributed by atoms with E-state index in [2.05, 4.69) is 10.3 Å². The summed E-state index contributed by atoms with van der Waals surface area (Å²) < 4.78 is 5.43. The molecule has 0 bridgehead atoms. The number of methoxy groups -OCH3 is 1. The van der Waals surface area contributed by atoms with Crippen molar-refractivity contribution in [3.8, 4) is 5.75 Å². The monoisotopic (exact) mass is 354 g/mol. The number of carbonyl (C=O) groups is 1. The molecule has 1 aliphatic heterocycles. The minimum absolute atomic E-state index is 0.0381. The predicted octanol–water partition coefficient (Wildman–Crippen LogP) is 4.73. The molecule has 0 amide bonds. The number of anilines is 1. The largest absolute Gasteiger partial charge is 0.497 e. The third-order valence-corrected chi connectivity index (χ3v) is 5.33. The zero-order valence-corrected chi connectivity index (χ0v) is 14.8. The fourth-order valence-corrected chi connectivity index (χ4v) is 4.04. The first-order valence-corrected chi connectivity index (χ1v) is 8.87. The number of Topliss-reactive ketones (excluding diaryl/α,β-unsaturated/α-hetero) is 1. The molecule has 1 aromatic heterocycles. The Hall–Kier alpha value is -3.53. The van der Waals surface area contributed by atoms with Gasteiger partial charge in [-0.25, -0.2) is 0 Å². The first kappa shape index (κ1) is 15.7. The minimum atomic E-state index is -1.00. The summed E-state index contributed by atoms with van der Waals surface area (Å²) >= 11 is 0. The van der Waals surface area contributed by atoms with Gasteiger partial charge in [0.25, 0.3) is 0 Å². The molecule has 4 heteroatoms. The van der Waals surface area contributed by atoms with Crippen molar-refractivity contribution >= 4 is 22.4 Å². The van der Waals surface area contributed by atoms with Crippen LogP contribution in [-0.2, 0) is 5.54 Å². The van der Waals surface area contributed by atoms with E-state index in [1.807, 2.05) is 79.0 Å². The Balaban J connectivity index is 1.83. The minimum Gasteiger partial charge on any atom is -0.497 e. The normalized spacial score (nSPS) is 18.3. The summed E-state index contributed by atoms with van der Waals surface area (Å²) in [5.41, 5.74) is 3.31. The number of aromatic amines is 1. The van der Waals surface area contributed by atoms with Gasteiger partial charge in [0.2, 0.25) is 0 Å². The van der Waals surface area contributed by atoms with Gasteiger partial charge >= 0.3 is 0 Å². The number of fused-ring (bicyclic) bond motifs is 2. The van der Waals surface area contributed by atoms with Crippen molar-refractivity contribution in [2.75, 3.05) is 12.4 Å². The molecule has 0 radical (unpaired) electrons. The number of para-hydroxylation sites is 2. The third-order valence-electron chi connectivity index (χ3n) is 5.33. The Kier molecular flexibility index (Phi) is 3.34. The standard InChI is InChI=1S/C23H18N2O2/c1-27-16-8-6-7-15(13-16)23(19-14-24-20-11-4-2-9-17(19)20)22(26)18-10-3-5-12-21(18)25-23/h2-14,24-25H,1H3. The summed E-state index contributed by atoms with van der Waals surface area (Å²) in [5.74, 6) is 0.758. The van der Waals surface area contributed by atoms with Crippen molar-refractivity contribution < 1.29 is 9.53 Å². The van der Waals surface area contributed by atoms with Crippen molar-refractivity contribution in [3.05, 3.63) is 95.7 Å². The molecule has 2 N–H and O–H groups in total. The molecule has 27 heavy (non-hydrogen) atoms. The highest BCUT2D eigenvalue weighted by Crippen LogP contribution is 2.46. The molecule has 1 aliphatic rings. The number of rotatable bonds is 3. The fraction of sp³-hybridized carbons (Fsp3) is 0.0870. The number of benzene rings is 3. The highest BCUT2D eigenvalue weighted by molar-refractivity contribution is 6.17. The van der Waals surface area contributed by atoms with Crippen LogP contribution < -0.4 is 10.1 Å². The number of H-pyrrole nitrogens is 1. The van der Waals surface area contributed by atoms with Crippen molar-refractivity contribution in [3.63, 3.8) is 0 Å². The second-order valence-corrected chi connectivity index (χ2v) is 6.73. The number of ether oxygens (including phenoxy) is 1. The second-order valence-electron chi connectivity index (χ2n) is 6.73. The summed E-state index contributed by atoms with van der Waals surface area (Å²) in [5, 5.41) is 4.56. The molecule has 1 atom stereocenters. The van der Waals surface area contributed by atoms with Crippen LogP contribution in [0.3, 0.4) is 0 Å². The van der Waals surface area contributed by atoms with Gasteiger partial charge in [-0.3, -0.25) is 4.79 Å². The highest BCUT2D eigenvalue weighted by Gasteiger charge is 2.49. The van der Waals surface area contributed by atoms with Gasteiger partial charge in [0.05, 0.1) is 7.11 Å². The molecular weight excluding hydrogens is 336 g/mol. The lowest BCUT2D eigenvalue weighted by atomic mass is 9.79. The fourth-order valence-electron chi connectivity index (χ4n) is 4.04. The highest BCUT2D eigenvalue weighted by atomic mass is 16.5. The van der Waals surface area contributed by atoms with Gasteiger partial charge in [-0.2, -0.15) is 0 Å². The lowest BCUT2D eigenvalue weighted by Gasteiger charge is -2.29. The summed E-state index contributed by atoms with van der Waals surface area (Å²) in [6, 6.07) is 23.4. The molecule has 0 fully saturated rings. The average Bonchev–Trinajstić information content (AvgIpc) is 3.28. The molecule has 5 rings (SSSR count). The van der Waals surface area contributed by atoms with E-state index in [0.717, 1.165) is 33.5 Å². The molecular formula is C23H18N2O2. The molecule has 0 spiro atoms. The lowest BCUT2D eigenvalue weighted by Crippen LogP contribution is -2.39. The second kappa shape index (κ2) is 5.74. The van der Waals surface area contributed by atoms with Crippen LogP contribution in [0, 0.1) is 0 Å². The lowest BCUT2D eigenvalue weighted by molar-refractivity contribution is 0.0941. The van der Waals surface area contributed by atoms with Crippen LogP contribution in [0.15, 0.2) is 79.0 Å². The maximum absolute atomic E-state index is 13.7. The van der Waals surface area contributed by atoms with Crippen LogP contribution in [-0.4, -0.2) is 17.9 Å². The summed E-state index contributed by atoms with van der Waals surface area (Å²) in [6.07, 6.45) is 1.93. The van der Waals surface area contributed by atoms with E-state index in [1.165, 1.54) is 0 Å². The van der Waals surface area contributed by atoms with Crippen molar-refractivity contribution in [2.24, 2.45) is 0 Å². The molecule has 132 valence electrons. The van der Waals surface area contributed by atoms with Crippen LogP contribution in [0.4, 0.5) is 5.69 Å². The van der Waals surface area contributed by atoms with Gasteiger partial charge in [-0.1, -0.05) is 42.5 Å². The maximum atomic E-state index is 13.7. The quantitative estimate of drug-likeness (QED) is 0.559. The Labute approximate surface area is 156 Å². The molecule has 1 unspecified atom stereocenters. The number of hydrogen-bond acceptors (Lipinski definition) is 3. The number of carbonyl (C=O) groups excluding carboxylic acids is 1. The van der Waals surface area contributed by atoms with E-state index in [1.54, 1.807) is 7.11 Å². The molecule has 0 saturated heterocycles. The molecule has 0 saturated carbocycles. The van der Waals surface area contributed by atoms with Gasteiger partial charge in [0.15, 0.2) is 11.3 Å². The van der Waals surface area contributed by atoms with Crippen molar-refractivity contribution in [2.45, 2.75) is 5.54 Å². The van der Waals surface area contributed by atoms with E-state index in [-0.39, 0.29) is 5.78 Å². The van der Waals surface area contributed by atoms with Crippen LogP contribution >= 0.6 is 0 Å². The van der Waals surface area contributed by atoms with Gasteiger partial charge in [0, 0.05) is 33.9 Å². The number of ketones is 1. The van der Waals surface area contributed by atoms with E-state index >= 15 is 0 Å². The maximum Gasteiger partial charge on any atom is 0.199 e. The smallest absolute Gasteiger partial charge is 0.199 e. The van der Waals surface area contributed by atoms with Crippen LogP contribution in [0.1, 0.15) is 21.5 Å². The summed E-state index contributed by atoms with van der Waals surface area (Å²) in [7, 11) is 1.64. The van der Waals surface area contributed by atoms with Crippen LogP contribution in [0.2, 0.25) is 0 Å². The zero-order chi connectivity index (χ0) is 18.4. The van der Waals surface area contributed by atoms with E-state index in [4.69, 9.17) is 4.74 Å². The van der Waals surface area contributed by atoms with Crippen LogP contribution in [0.5, 0.6) is 5.75 Å². The average molecular weight is 354 g/mol. The number of aromatic nitrogens is 1. The molecule has 2 heterocycles. The summed E-state index contributed by atoms with van der Waals surface area (Å²) in [6.45, 7) is 0. The Morgan fingerprint density at radius 2 is 1.74 bits per heavy atom. The first-order valence-electron chi connectivity index (χ1n) is 8.87. The van der Waals surface area contributed by atoms with Crippen LogP contribution in [0.25, 0.3) is 10.9 Å². The van der Waals surface area contributed by atoms with Gasteiger partial charge in [0.1, 0.15) is 5.75 Å². The molecule has 4 nitrogen and oxygen atoms in total. The van der Waals surface area contributed by atoms with Crippen molar-refractivity contribution in [1.82, 2.24) is 4.98 Å². The Morgan fingerprint density at radius 1 is 0.926 bits per heavy atom. The number of nitrogens with one attached hydrogen (secondary N) is 2.